The topological polar surface area (TPSA) is 12.0 Å². The van der Waals surface area contributed by atoms with Crippen LogP contribution in [0.4, 0.5) is 5.69 Å². The molecule has 1 N–H and O–H groups in total. The van der Waals surface area contributed by atoms with Gasteiger partial charge in [0.05, 0.1) is 5.02 Å². The summed E-state index contributed by atoms with van der Waals surface area (Å²) >= 11 is 22.1. The van der Waals surface area contributed by atoms with Crippen molar-refractivity contribution in [1.29, 1.82) is 0 Å². The van der Waals surface area contributed by atoms with Gasteiger partial charge in [0.15, 0.2) is 0 Å². The zero-order valence-corrected chi connectivity index (χ0v) is 14.9. The van der Waals surface area contributed by atoms with Crippen molar-refractivity contribution >= 4 is 73.1 Å². The molecule has 0 bridgehead atoms. The molecule has 0 aromatic heterocycles. The molecule has 104 valence electrons. The van der Waals surface area contributed by atoms with E-state index in [1.54, 1.807) is 11.8 Å². The number of hydrogen-bond donors (Lipinski definition) is 1. The minimum absolute atomic E-state index is 0.653. The van der Waals surface area contributed by atoms with Crippen LogP contribution in [0.25, 0.3) is 0 Å². The molecule has 0 atom stereocenters. The number of benzene rings is 2. The molecule has 2 aromatic carbocycles. The lowest BCUT2D eigenvalue weighted by Crippen LogP contribution is -2.04. The Kier molecular flexibility index (Phi) is 6.18. The summed E-state index contributed by atoms with van der Waals surface area (Å²) in [7, 11) is 0. The third-order valence-corrected chi connectivity index (χ3v) is 5.23. The SMILES string of the molecule is S=C(Nc1ccc(Br)c(Cl)c1)SCc1ccc(Cl)cc1. The fraction of sp³-hybridized carbons (Fsp3) is 0.0714. The average Bonchev–Trinajstić information content (AvgIpc) is 2.42. The van der Waals surface area contributed by atoms with Crippen LogP contribution in [0.3, 0.4) is 0 Å². The summed E-state index contributed by atoms with van der Waals surface area (Å²) in [6.45, 7) is 0. The van der Waals surface area contributed by atoms with Crippen molar-refractivity contribution in [1.82, 2.24) is 0 Å². The molecule has 0 heterocycles. The Hall–Kier alpha value is -0.260. The molecule has 0 aliphatic carbocycles. The Morgan fingerprint density at radius 1 is 1.15 bits per heavy atom. The second-order valence-corrected chi connectivity index (χ2v) is 7.31. The van der Waals surface area contributed by atoms with Crippen LogP contribution < -0.4 is 5.32 Å². The molecule has 0 fully saturated rings. The molecular weight excluding hydrogens is 397 g/mol. The molecule has 0 saturated carbocycles. The average molecular weight is 407 g/mol. The van der Waals surface area contributed by atoms with E-state index in [-0.39, 0.29) is 0 Å². The highest BCUT2D eigenvalue weighted by molar-refractivity contribution is 9.10. The van der Waals surface area contributed by atoms with Crippen molar-refractivity contribution in [2.45, 2.75) is 5.75 Å². The number of rotatable bonds is 3. The van der Waals surface area contributed by atoms with Gasteiger partial charge in [-0.3, -0.25) is 0 Å². The summed E-state index contributed by atoms with van der Waals surface area (Å²) < 4.78 is 1.57. The lowest BCUT2D eigenvalue weighted by atomic mass is 10.2. The number of nitrogens with one attached hydrogen (secondary N) is 1. The Bertz CT molecular complexity index is 617. The molecule has 0 unspecified atom stereocenters. The van der Waals surface area contributed by atoms with Crippen molar-refractivity contribution in [3.05, 3.63) is 62.5 Å². The summed E-state index contributed by atoms with van der Waals surface area (Å²) in [5.74, 6) is 0.799. The quantitative estimate of drug-likeness (QED) is 0.593. The molecule has 0 radical (unpaired) electrons. The first-order valence-corrected chi connectivity index (χ1v) is 8.62. The molecule has 2 aromatic rings. The van der Waals surface area contributed by atoms with Crippen LogP contribution in [-0.4, -0.2) is 4.32 Å². The Morgan fingerprint density at radius 3 is 2.50 bits per heavy atom. The predicted octanol–water partition coefficient (Wildman–Crippen LogP) is 6.39. The maximum absolute atomic E-state index is 6.04. The van der Waals surface area contributed by atoms with Crippen LogP contribution in [0.1, 0.15) is 5.56 Å². The van der Waals surface area contributed by atoms with E-state index >= 15 is 0 Å². The number of halogens is 3. The number of thioether (sulfide) groups is 1. The standard InChI is InChI=1S/C14H10BrCl2NS2/c15-12-6-5-11(7-13(12)17)18-14(19)20-8-9-1-3-10(16)4-2-9/h1-7H,8H2,(H,18,19). The summed E-state index contributed by atoms with van der Waals surface area (Å²) in [5.41, 5.74) is 2.06. The van der Waals surface area contributed by atoms with Crippen LogP contribution in [0, 0.1) is 0 Å². The van der Waals surface area contributed by atoms with Gasteiger partial charge in [-0.1, -0.05) is 59.3 Å². The minimum Gasteiger partial charge on any atom is -0.341 e. The van der Waals surface area contributed by atoms with Gasteiger partial charge >= 0.3 is 0 Å². The second kappa shape index (κ2) is 7.66. The van der Waals surface area contributed by atoms with E-state index in [1.165, 1.54) is 5.56 Å². The van der Waals surface area contributed by atoms with Gasteiger partial charge in [0.25, 0.3) is 0 Å². The number of hydrogen-bond acceptors (Lipinski definition) is 2. The fourth-order valence-electron chi connectivity index (χ4n) is 1.46. The van der Waals surface area contributed by atoms with Gasteiger partial charge in [-0.2, -0.15) is 0 Å². The highest BCUT2D eigenvalue weighted by Crippen LogP contribution is 2.26. The number of anilines is 1. The molecule has 0 aliphatic heterocycles. The zero-order chi connectivity index (χ0) is 14.5. The third kappa shape index (κ3) is 4.93. The van der Waals surface area contributed by atoms with Crippen molar-refractivity contribution in [2.24, 2.45) is 0 Å². The van der Waals surface area contributed by atoms with Gasteiger partial charge in [0, 0.05) is 20.9 Å². The molecule has 0 amide bonds. The minimum atomic E-state index is 0.653. The van der Waals surface area contributed by atoms with Crippen molar-refractivity contribution in [2.75, 3.05) is 5.32 Å². The van der Waals surface area contributed by atoms with Crippen LogP contribution in [0.15, 0.2) is 46.9 Å². The largest absolute Gasteiger partial charge is 0.341 e. The van der Waals surface area contributed by atoms with E-state index in [1.807, 2.05) is 42.5 Å². The Balaban J connectivity index is 1.89. The smallest absolute Gasteiger partial charge is 0.138 e. The third-order valence-electron chi connectivity index (χ3n) is 2.45. The van der Waals surface area contributed by atoms with Crippen molar-refractivity contribution < 1.29 is 0 Å². The van der Waals surface area contributed by atoms with Gasteiger partial charge in [-0.15, -0.1) is 0 Å². The van der Waals surface area contributed by atoms with Gasteiger partial charge in [0.2, 0.25) is 0 Å². The molecule has 0 aliphatic rings. The van der Waals surface area contributed by atoms with E-state index in [9.17, 15) is 0 Å². The second-order valence-electron chi connectivity index (χ2n) is 3.96. The first kappa shape index (κ1) is 16.1. The van der Waals surface area contributed by atoms with Crippen LogP contribution in [0.2, 0.25) is 10.0 Å². The normalized spacial score (nSPS) is 10.3. The van der Waals surface area contributed by atoms with E-state index < -0.39 is 0 Å². The fourth-order valence-corrected chi connectivity index (χ4v) is 2.99. The van der Waals surface area contributed by atoms with Gasteiger partial charge in [-0.05, 0) is 51.8 Å². The summed E-state index contributed by atoms with van der Waals surface area (Å²) in [6.07, 6.45) is 0. The van der Waals surface area contributed by atoms with Crippen LogP contribution >= 0.6 is 63.1 Å². The Morgan fingerprint density at radius 2 is 1.85 bits per heavy atom. The Labute approximate surface area is 146 Å². The molecule has 2 rings (SSSR count). The van der Waals surface area contributed by atoms with Gasteiger partial charge in [-0.25, -0.2) is 0 Å². The van der Waals surface area contributed by atoms with E-state index in [0.29, 0.717) is 9.34 Å². The van der Waals surface area contributed by atoms with Crippen molar-refractivity contribution in [3.8, 4) is 0 Å². The first-order chi connectivity index (χ1) is 9.54. The highest BCUT2D eigenvalue weighted by atomic mass is 79.9. The summed E-state index contributed by atoms with van der Waals surface area (Å²) in [4.78, 5) is 0. The highest BCUT2D eigenvalue weighted by Gasteiger charge is 2.03. The predicted molar refractivity (Wildman–Crippen MR) is 98.1 cm³/mol. The van der Waals surface area contributed by atoms with Crippen LogP contribution in [-0.2, 0) is 5.75 Å². The van der Waals surface area contributed by atoms with Gasteiger partial charge in [0.1, 0.15) is 4.32 Å². The maximum Gasteiger partial charge on any atom is 0.138 e. The molecule has 0 spiro atoms. The van der Waals surface area contributed by atoms with E-state index in [2.05, 4.69) is 21.2 Å². The van der Waals surface area contributed by atoms with E-state index in [4.69, 9.17) is 35.4 Å². The summed E-state index contributed by atoms with van der Waals surface area (Å²) in [5, 5.41) is 4.55. The summed E-state index contributed by atoms with van der Waals surface area (Å²) in [6, 6.07) is 13.4. The monoisotopic (exact) mass is 405 g/mol. The van der Waals surface area contributed by atoms with Crippen molar-refractivity contribution in [3.63, 3.8) is 0 Å². The van der Waals surface area contributed by atoms with Crippen LogP contribution in [0.5, 0.6) is 0 Å². The molecule has 20 heavy (non-hydrogen) atoms. The zero-order valence-electron chi connectivity index (χ0n) is 10.2. The maximum atomic E-state index is 6.04. The molecule has 1 nitrogen and oxygen atoms in total. The molecule has 6 heteroatoms. The number of thiocarbonyl (C=S) groups is 1. The van der Waals surface area contributed by atoms with Gasteiger partial charge < -0.3 is 5.32 Å². The lowest BCUT2D eigenvalue weighted by molar-refractivity contribution is 1.42. The lowest BCUT2D eigenvalue weighted by Gasteiger charge is -2.08. The first-order valence-electron chi connectivity index (χ1n) is 5.68. The molecule has 0 saturated heterocycles. The molecular formula is C14H10BrCl2NS2. The van der Waals surface area contributed by atoms with E-state index in [0.717, 1.165) is 20.9 Å².